The van der Waals surface area contributed by atoms with E-state index in [1.165, 1.54) is 4.90 Å². The molecule has 1 saturated heterocycles. The Balaban J connectivity index is 1.23. The number of hydrogen-bond acceptors (Lipinski definition) is 5. The molecule has 0 aromatic heterocycles. The first kappa shape index (κ1) is 15.7. The van der Waals surface area contributed by atoms with Crippen LogP contribution in [-0.4, -0.2) is 18.6 Å². The van der Waals surface area contributed by atoms with E-state index in [1.807, 2.05) is 0 Å². The number of rotatable bonds is 3. The first-order chi connectivity index (χ1) is 13.7. The van der Waals surface area contributed by atoms with Gasteiger partial charge in [-0.2, -0.15) is 0 Å². The summed E-state index contributed by atoms with van der Waals surface area (Å²) in [5.41, 5.74) is 0.599. The van der Waals surface area contributed by atoms with E-state index in [0.29, 0.717) is 28.7 Å². The molecule has 0 radical (unpaired) electrons. The average molecular weight is 375 g/mol. The normalized spacial score (nSPS) is 28.9. The van der Waals surface area contributed by atoms with Gasteiger partial charge in [0.1, 0.15) is 11.5 Å². The van der Waals surface area contributed by atoms with Gasteiger partial charge in [-0.25, -0.2) is 0 Å². The summed E-state index contributed by atoms with van der Waals surface area (Å²) in [5, 5.41) is 0. The Hall–Kier alpha value is -3.28. The monoisotopic (exact) mass is 375 g/mol. The highest BCUT2D eigenvalue weighted by Gasteiger charge is 2.59. The van der Waals surface area contributed by atoms with E-state index in [2.05, 4.69) is 12.2 Å². The maximum Gasteiger partial charge on any atom is 0.238 e. The number of amides is 2. The van der Waals surface area contributed by atoms with Crippen LogP contribution in [0, 0.1) is 23.7 Å². The largest absolute Gasteiger partial charge is 0.457 e. The zero-order valence-corrected chi connectivity index (χ0v) is 14.9. The second-order valence-corrected chi connectivity index (χ2v) is 7.62. The Morgan fingerprint density at radius 2 is 1.46 bits per heavy atom. The maximum atomic E-state index is 12.9. The topological polar surface area (TPSA) is 65.1 Å². The summed E-state index contributed by atoms with van der Waals surface area (Å²) < 4.78 is 16.5. The summed E-state index contributed by atoms with van der Waals surface area (Å²) in [4.78, 5) is 27.1. The quantitative estimate of drug-likeness (QED) is 0.607. The van der Waals surface area contributed by atoms with Crippen LogP contribution in [0.3, 0.4) is 0 Å². The second kappa shape index (κ2) is 5.61. The van der Waals surface area contributed by atoms with Crippen molar-refractivity contribution in [2.45, 2.75) is 6.42 Å². The van der Waals surface area contributed by atoms with Crippen LogP contribution in [0.5, 0.6) is 23.0 Å². The molecular formula is C22H17NO5. The van der Waals surface area contributed by atoms with Gasteiger partial charge in [0.15, 0.2) is 11.5 Å². The molecule has 6 nitrogen and oxygen atoms in total. The third-order valence-electron chi connectivity index (χ3n) is 6.15. The SMILES string of the molecule is O=C1[C@@H]2[C@H](C(=O)N1c1ccc(Oc3ccc4c(c3)OCO4)cc1)[C@@H]1C=C[C@H]2C1. The molecule has 2 aliphatic carbocycles. The molecule has 2 bridgehead atoms. The number of hydrogen-bond donors (Lipinski definition) is 0. The van der Waals surface area contributed by atoms with Crippen LogP contribution >= 0.6 is 0 Å². The van der Waals surface area contributed by atoms with Crippen molar-refractivity contribution in [2.24, 2.45) is 23.7 Å². The minimum Gasteiger partial charge on any atom is -0.457 e. The molecule has 2 aromatic carbocycles. The number of imide groups is 1. The zero-order chi connectivity index (χ0) is 18.8. The van der Waals surface area contributed by atoms with Crippen molar-refractivity contribution in [1.82, 2.24) is 0 Å². The fourth-order valence-corrected chi connectivity index (χ4v) is 4.90. The fraction of sp³-hybridized carbons (Fsp3) is 0.273. The van der Waals surface area contributed by atoms with Crippen molar-refractivity contribution in [3.63, 3.8) is 0 Å². The van der Waals surface area contributed by atoms with E-state index >= 15 is 0 Å². The van der Waals surface area contributed by atoms with Gasteiger partial charge in [-0.1, -0.05) is 12.2 Å². The van der Waals surface area contributed by atoms with E-state index in [9.17, 15) is 9.59 Å². The van der Waals surface area contributed by atoms with Gasteiger partial charge in [0.25, 0.3) is 0 Å². The summed E-state index contributed by atoms with van der Waals surface area (Å²) in [6.45, 7) is 0.213. The lowest BCUT2D eigenvalue weighted by Gasteiger charge is -2.17. The van der Waals surface area contributed by atoms with E-state index in [1.54, 1.807) is 42.5 Å². The maximum absolute atomic E-state index is 12.9. The molecule has 4 atom stereocenters. The highest BCUT2D eigenvalue weighted by molar-refractivity contribution is 6.22. The zero-order valence-electron chi connectivity index (χ0n) is 14.9. The molecule has 0 spiro atoms. The van der Waals surface area contributed by atoms with Crippen LogP contribution in [0.1, 0.15) is 6.42 Å². The van der Waals surface area contributed by atoms with Gasteiger partial charge < -0.3 is 14.2 Å². The Kier molecular flexibility index (Phi) is 3.15. The third-order valence-corrected chi connectivity index (χ3v) is 6.15. The van der Waals surface area contributed by atoms with Gasteiger partial charge in [0.2, 0.25) is 18.6 Å². The fourth-order valence-electron chi connectivity index (χ4n) is 4.90. The molecule has 2 aliphatic heterocycles. The summed E-state index contributed by atoms with van der Waals surface area (Å²) in [6.07, 6.45) is 5.13. The molecule has 2 heterocycles. The molecule has 1 saturated carbocycles. The average Bonchev–Trinajstić information content (AvgIpc) is 3.47. The van der Waals surface area contributed by atoms with Crippen LogP contribution in [0.4, 0.5) is 5.69 Å². The first-order valence-electron chi connectivity index (χ1n) is 9.43. The summed E-state index contributed by atoms with van der Waals surface area (Å²) in [6, 6.07) is 12.4. The third kappa shape index (κ3) is 2.14. The summed E-state index contributed by atoms with van der Waals surface area (Å²) in [7, 11) is 0. The van der Waals surface area contributed by atoms with Crippen LogP contribution in [-0.2, 0) is 9.59 Å². The van der Waals surface area contributed by atoms with E-state index < -0.39 is 0 Å². The van der Waals surface area contributed by atoms with Gasteiger partial charge in [-0.15, -0.1) is 0 Å². The van der Waals surface area contributed by atoms with Crippen LogP contribution in [0.15, 0.2) is 54.6 Å². The van der Waals surface area contributed by atoms with Gasteiger partial charge in [-0.05, 0) is 54.7 Å². The van der Waals surface area contributed by atoms with Crippen molar-refractivity contribution in [1.29, 1.82) is 0 Å². The molecule has 2 aromatic rings. The molecule has 6 heteroatoms. The van der Waals surface area contributed by atoms with Gasteiger partial charge in [0.05, 0.1) is 17.5 Å². The van der Waals surface area contributed by atoms with E-state index in [0.717, 1.165) is 6.42 Å². The number of carbonyl (C=O) groups excluding carboxylic acids is 2. The van der Waals surface area contributed by atoms with Crippen LogP contribution in [0.25, 0.3) is 0 Å². The lowest BCUT2D eigenvalue weighted by Crippen LogP contribution is -2.32. The predicted octanol–water partition coefficient (Wildman–Crippen LogP) is 3.52. The summed E-state index contributed by atoms with van der Waals surface area (Å²) in [5.74, 6) is 2.49. The molecule has 140 valence electrons. The number of ether oxygens (including phenoxy) is 3. The second-order valence-electron chi connectivity index (χ2n) is 7.62. The van der Waals surface area contributed by atoms with Crippen LogP contribution in [0.2, 0.25) is 0 Å². The highest BCUT2D eigenvalue weighted by atomic mass is 16.7. The standard InChI is InChI=1S/C22H17NO5/c24-21-19-12-1-2-13(9-12)20(19)22(25)23(21)14-3-5-15(6-4-14)28-16-7-8-17-18(10-16)27-11-26-17/h1-8,10,12-13,19-20H,9,11H2/t12-,13+,19-,20+. The number of benzene rings is 2. The number of nitrogens with zero attached hydrogens (tertiary/aromatic N) is 1. The number of fused-ring (bicyclic) bond motifs is 6. The van der Waals surface area contributed by atoms with Crippen molar-refractivity contribution >= 4 is 17.5 Å². The van der Waals surface area contributed by atoms with Crippen molar-refractivity contribution in [3.8, 4) is 23.0 Å². The van der Waals surface area contributed by atoms with Crippen molar-refractivity contribution < 1.29 is 23.8 Å². The van der Waals surface area contributed by atoms with Gasteiger partial charge in [-0.3, -0.25) is 14.5 Å². The minimum atomic E-state index is -0.188. The van der Waals surface area contributed by atoms with Gasteiger partial charge >= 0.3 is 0 Å². The molecule has 28 heavy (non-hydrogen) atoms. The molecule has 0 N–H and O–H groups in total. The van der Waals surface area contributed by atoms with Crippen molar-refractivity contribution in [2.75, 3.05) is 11.7 Å². The Morgan fingerprint density at radius 1 is 0.821 bits per heavy atom. The predicted molar refractivity (Wildman–Crippen MR) is 99.3 cm³/mol. The van der Waals surface area contributed by atoms with E-state index in [4.69, 9.17) is 14.2 Å². The van der Waals surface area contributed by atoms with Crippen molar-refractivity contribution in [3.05, 3.63) is 54.6 Å². The Bertz CT molecular complexity index is 998. The molecule has 2 fully saturated rings. The number of carbonyl (C=O) groups is 2. The van der Waals surface area contributed by atoms with E-state index in [-0.39, 0.29) is 42.3 Å². The summed E-state index contributed by atoms with van der Waals surface area (Å²) >= 11 is 0. The Morgan fingerprint density at radius 3 is 2.18 bits per heavy atom. The molecule has 2 amide bonds. The van der Waals surface area contributed by atoms with Gasteiger partial charge in [0, 0.05) is 6.07 Å². The minimum absolute atomic E-state index is 0.0729. The molecular weight excluding hydrogens is 358 g/mol. The lowest BCUT2D eigenvalue weighted by atomic mass is 9.85. The highest BCUT2D eigenvalue weighted by Crippen LogP contribution is 2.53. The number of allylic oxidation sites excluding steroid dienone is 2. The Labute approximate surface area is 161 Å². The molecule has 6 rings (SSSR count). The van der Waals surface area contributed by atoms with Crippen LogP contribution < -0.4 is 19.1 Å². The number of anilines is 1. The smallest absolute Gasteiger partial charge is 0.238 e. The molecule has 4 aliphatic rings. The molecule has 0 unspecified atom stereocenters. The first-order valence-corrected chi connectivity index (χ1v) is 9.43. The lowest BCUT2D eigenvalue weighted by molar-refractivity contribution is -0.123.